The van der Waals surface area contributed by atoms with Crippen LogP contribution in [0.2, 0.25) is 0 Å². The molecule has 1 atom stereocenters. The first-order valence-corrected chi connectivity index (χ1v) is 9.11. The van der Waals surface area contributed by atoms with Gasteiger partial charge in [0.05, 0.1) is 25.7 Å². The molecule has 1 saturated heterocycles. The monoisotopic (exact) mass is 425 g/mol. The van der Waals surface area contributed by atoms with Crippen LogP contribution in [0.25, 0.3) is 0 Å². The van der Waals surface area contributed by atoms with Crippen molar-refractivity contribution in [3.63, 3.8) is 0 Å². The molecule has 2 aromatic carbocycles. The van der Waals surface area contributed by atoms with Crippen molar-refractivity contribution in [3.05, 3.63) is 65.2 Å². The number of nitrogen functional groups attached to an aromatic ring is 1. The molecule has 1 aliphatic rings. The number of ether oxygens (including phenoxy) is 1. The summed E-state index contributed by atoms with van der Waals surface area (Å²) in [6.45, 7) is 5.93. The summed E-state index contributed by atoms with van der Waals surface area (Å²) < 4.78 is 5.48. The number of amides is 1. The van der Waals surface area contributed by atoms with E-state index in [1.807, 2.05) is 24.3 Å². The lowest BCUT2D eigenvalue weighted by atomic mass is 10.0. The smallest absolute Gasteiger partial charge is 0.224 e. The maximum absolute atomic E-state index is 12.4. The number of hydrogen-bond acceptors (Lipinski definition) is 4. The predicted molar refractivity (Wildman–Crippen MR) is 118 cm³/mol. The van der Waals surface area contributed by atoms with Gasteiger partial charge >= 0.3 is 0 Å². The minimum absolute atomic E-state index is 0. The molecule has 7 heteroatoms. The van der Waals surface area contributed by atoms with Gasteiger partial charge in [-0.2, -0.15) is 0 Å². The second kappa shape index (κ2) is 11.9. The molecule has 154 valence electrons. The molecule has 1 aliphatic heterocycles. The van der Waals surface area contributed by atoms with Crippen LogP contribution in [0.1, 0.15) is 22.7 Å². The van der Waals surface area contributed by atoms with Gasteiger partial charge in [0.15, 0.2) is 0 Å². The second-order valence-electron chi connectivity index (χ2n) is 6.80. The highest BCUT2D eigenvalue weighted by molar-refractivity contribution is 5.85. The Hall–Kier alpha value is -1.79. The van der Waals surface area contributed by atoms with E-state index in [4.69, 9.17) is 10.5 Å². The minimum atomic E-state index is 0. The quantitative estimate of drug-likeness (QED) is 0.697. The zero-order valence-corrected chi connectivity index (χ0v) is 17.7. The van der Waals surface area contributed by atoms with Crippen molar-refractivity contribution < 1.29 is 9.53 Å². The lowest BCUT2D eigenvalue weighted by Crippen LogP contribution is -2.44. The molecule has 28 heavy (non-hydrogen) atoms. The Morgan fingerprint density at radius 2 is 1.82 bits per heavy atom. The summed E-state index contributed by atoms with van der Waals surface area (Å²) in [6.07, 6.45) is 0.365. The van der Waals surface area contributed by atoms with E-state index >= 15 is 0 Å². The van der Waals surface area contributed by atoms with E-state index in [2.05, 4.69) is 41.4 Å². The maximum atomic E-state index is 12.4. The number of nitrogens with one attached hydrogen (secondary N) is 1. The van der Waals surface area contributed by atoms with Gasteiger partial charge in [-0.05, 0) is 30.2 Å². The van der Waals surface area contributed by atoms with Crippen molar-refractivity contribution in [1.82, 2.24) is 10.2 Å². The van der Waals surface area contributed by atoms with Crippen LogP contribution >= 0.6 is 24.8 Å². The van der Waals surface area contributed by atoms with Crippen molar-refractivity contribution in [2.75, 3.05) is 38.6 Å². The number of anilines is 1. The van der Waals surface area contributed by atoms with Crippen LogP contribution in [-0.4, -0.2) is 43.7 Å². The lowest BCUT2D eigenvalue weighted by Gasteiger charge is -2.35. The standard InChI is InChI=1S/C21H27N3O2.2ClH/c1-16-3-2-4-18(13-16)20(24-9-11-26-12-10-24)15-23-21(25)14-17-5-7-19(22)8-6-17;;/h2-8,13,20H,9-12,14-15,22H2,1H3,(H,23,25);2*1H. The fraction of sp³-hybridized carbons (Fsp3) is 0.381. The van der Waals surface area contributed by atoms with E-state index in [-0.39, 0.29) is 36.8 Å². The summed E-state index contributed by atoms with van der Waals surface area (Å²) in [6, 6.07) is 16.1. The molecule has 0 aromatic heterocycles. The van der Waals surface area contributed by atoms with Crippen LogP contribution < -0.4 is 11.1 Å². The topological polar surface area (TPSA) is 67.6 Å². The Balaban J connectivity index is 0.00000196. The number of benzene rings is 2. The van der Waals surface area contributed by atoms with Gasteiger partial charge in [-0.3, -0.25) is 9.69 Å². The predicted octanol–water partition coefficient (Wildman–Crippen LogP) is 3.15. The van der Waals surface area contributed by atoms with E-state index in [0.717, 1.165) is 31.9 Å². The third kappa shape index (κ3) is 6.99. The number of halogens is 2. The average molecular weight is 426 g/mol. The molecular weight excluding hydrogens is 397 g/mol. The molecule has 3 N–H and O–H groups in total. The first kappa shape index (κ1) is 24.2. The van der Waals surface area contributed by atoms with Crippen LogP contribution in [0.3, 0.4) is 0 Å². The number of rotatable bonds is 6. The molecule has 0 aliphatic carbocycles. The van der Waals surface area contributed by atoms with E-state index in [1.54, 1.807) is 0 Å². The zero-order chi connectivity index (χ0) is 18.4. The van der Waals surface area contributed by atoms with E-state index in [1.165, 1.54) is 11.1 Å². The highest BCUT2D eigenvalue weighted by Gasteiger charge is 2.23. The summed E-state index contributed by atoms with van der Waals surface area (Å²) in [5, 5.41) is 3.11. The summed E-state index contributed by atoms with van der Waals surface area (Å²) in [7, 11) is 0. The summed E-state index contributed by atoms with van der Waals surface area (Å²) >= 11 is 0. The molecule has 0 saturated carbocycles. The van der Waals surface area contributed by atoms with Crippen molar-refractivity contribution in [2.24, 2.45) is 0 Å². The number of nitrogens with zero attached hydrogens (tertiary/aromatic N) is 1. The van der Waals surface area contributed by atoms with Crippen molar-refractivity contribution in [2.45, 2.75) is 19.4 Å². The van der Waals surface area contributed by atoms with Crippen LogP contribution in [0, 0.1) is 6.92 Å². The molecule has 3 rings (SSSR count). The van der Waals surface area contributed by atoms with E-state index in [9.17, 15) is 4.79 Å². The molecule has 5 nitrogen and oxygen atoms in total. The minimum Gasteiger partial charge on any atom is -0.399 e. The molecule has 0 bridgehead atoms. The van der Waals surface area contributed by atoms with Gasteiger partial charge < -0.3 is 15.8 Å². The maximum Gasteiger partial charge on any atom is 0.224 e. The summed E-state index contributed by atoms with van der Waals surface area (Å²) in [4.78, 5) is 14.8. The Morgan fingerprint density at radius 3 is 2.46 bits per heavy atom. The van der Waals surface area contributed by atoms with Gasteiger partial charge in [-0.15, -0.1) is 24.8 Å². The van der Waals surface area contributed by atoms with Crippen LogP contribution in [0.4, 0.5) is 5.69 Å². The fourth-order valence-electron chi connectivity index (χ4n) is 3.32. The third-order valence-electron chi connectivity index (χ3n) is 4.75. The first-order valence-electron chi connectivity index (χ1n) is 9.11. The lowest BCUT2D eigenvalue weighted by molar-refractivity contribution is -0.120. The molecule has 1 unspecified atom stereocenters. The van der Waals surface area contributed by atoms with Crippen molar-refractivity contribution >= 4 is 36.4 Å². The molecule has 1 fully saturated rings. The van der Waals surface area contributed by atoms with E-state index in [0.29, 0.717) is 18.7 Å². The van der Waals surface area contributed by atoms with Gasteiger partial charge in [0.1, 0.15) is 0 Å². The van der Waals surface area contributed by atoms with Crippen molar-refractivity contribution in [1.29, 1.82) is 0 Å². The average Bonchev–Trinajstić information content (AvgIpc) is 2.65. The molecule has 0 radical (unpaired) electrons. The number of hydrogen-bond donors (Lipinski definition) is 2. The highest BCUT2D eigenvalue weighted by Crippen LogP contribution is 2.22. The van der Waals surface area contributed by atoms with Crippen LogP contribution in [0.5, 0.6) is 0 Å². The molecular formula is C21H29Cl2N3O2. The number of morpholine rings is 1. The summed E-state index contributed by atoms with van der Waals surface area (Å²) in [5.41, 5.74) is 9.84. The van der Waals surface area contributed by atoms with Crippen molar-refractivity contribution in [3.8, 4) is 0 Å². The summed E-state index contributed by atoms with van der Waals surface area (Å²) in [5.74, 6) is 0.0284. The van der Waals surface area contributed by atoms with Crippen LogP contribution in [-0.2, 0) is 16.0 Å². The molecule has 2 aromatic rings. The van der Waals surface area contributed by atoms with Gasteiger partial charge in [-0.25, -0.2) is 0 Å². The number of carbonyl (C=O) groups is 1. The highest BCUT2D eigenvalue weighted by atomic mass is 35.5. The van der Waals surface area contributed by atoms with Gasteiger partial charge in [0, 0.05) is 25.3 Å². The Morgan fingerprint density at radius 1 is 1.14 bits per heavy atom. The molecule has 1 amide bonds. The SMILES string of the molecule is Cc1cccc(C(CNC(=O)Cc2ccc(N)cc2)N2CCOCC2)c1.Cl.Cl. The fourth-order valence-corrected chi connectivity index (χ4v) is 3.32. The Kier molecular flexibility index (Phi) is 10.3. The molecule has 1 heterocycles. The van der Waals surface area contributed by atoms with Gasteiger partial charge in [0.25, 0.3) is 0 Å². The normalized spacial score (nSPS) is 15.0. The molecule has 0 spiro atoms. The van der Waals surface area contributed by atoms with Gasteiger partial charge in [0.2, 0.25) is 5.91 Å². The zero-order valence-electron chi connectivity index (χ0n) is 16.1. The van der Waals surface area contributed by atoms with E-state index < -0.39 is 0 Å². The van der Waals surface area contributed by atoms with Crippen LogP contribution in [0.15, 0.2) is 48.5 Å². The Bertz CT molecular complexity index is 735. The largest absolute Gasteiger partial charge is 0.399 e. The number of nitrogens with two attached hydrogens (primary N) is 1. The first-order chi connectivity index (χ1) is 12.6. The number of aryl methyl sites for hydroxylation is 1. The Labute approximate surface area is 179 Å². The third-order valence-corrected chi connectivity index (χ3v) is 4.75. The second-order valence-corrected chi connectivity index (χ2v) is 6.80. The van der Waals surface area contributed by atoms with Gasteiger partial charge in [-0.1, -0.05) is 42.0 Å². The number of carbonyl (C=O) groups excluding carboxylic acids is 1.